The van der Waals surface area contributed by atoms with Crippen LogP contribution in [0.25, 0.3) is 0 Å². The molecule has 188 valence electrons. The Bertz CT molecular complexity index is 1350. The molecule has 6 rings (SSSR count). The van der Waals surface area contributed by atoms with Crippen molar-refractivity contribution in [1.29, 1.82) is 0 Å². The van der Waals surface area contributed by atoms with Gasteiger partial charge in [0.2, 0.25) is 11.8 Å². The summed E-state index contributed by atoms with van der Waals surface area (Å²) in [6.07, 6.45) is 0.211. The van der Waals surface area contributed by atoms with E-state index in [4.69, 9.17) is 46.4 Å². The van der Waals surface area contributed by atoms with Crippen LogP contribution in [0.4, 0.5) is 11.4 Å². The molecule has 0 aromatic heterocycles. The first kappa shape index (κ1) is 24.4. The van der Waals surface area contributed by atoms with Crippen LogP contribution in [0.1, 0.15) is 12.0 Å². The minimum Gasteiger partial charge on any atom is -0.396 e. The van der Waals surface area contributed by atoms with Crippen LogP contribution in [-0.2, 0) is 19.9 Å². The third-order valence-electron chi connectivity index (χ3n) is 8.04. The lowest BCUT2D eigenvalue weighted by molar-refractivity contribution is -0.136. The molecule has 3 fully saturated rings. The first-order valence-electron chi connectivity index (χ1n) is 11.2. The van der Waals surface area contributed by atoms with Crippen LogP contribution in [0.15, 0.2) is 30.3 Å². The predicted molar refractivity (Wildman–Crippen MR) is 134 cm³/mol. The van der Waals surface area contributed by atoms with Crippen molar-refractivity contribution in [3.05, 3.63) is 56.0 Å². The number of benzene rings is 2. The number of aliphatic hydroxyl groups is 2. The molecule has 36 heavy (non-hydrogen) atoms. The molecule has 3 amide bonds. The van der Waals surface area contributed by atoms with Crippen LogP contribution >= 0.6 is 46.4 Å². The summed E-state index contributed by atoms with van der Waals surface area (Å²) in [6, 6.07) is 6.87. The van der Waals surface area contributed by atoms with Gasteiger partial charge in [0.25, 0.3) is 5.91 Å². The average molecular weight is 571 g/mol. The number of aliphatic hydroxyl groups excluding tert-OH is 2. The van der Waals surface area contributed by atoms with Gasteiger partial charge >= 0.3 is 0 Å². The molecule has 12 heteroatoms. The molecule has 2 aromatic rings. The lowest BCUT2D eigenvalue weighted by Gasteiger charge is -2.38. The highest BCUT2D eigenvalue weighted by molar-refractivity contribution is 6.38. The third-order valence-corrected chi connectivity index (χ3v) is 9.00. The van der Waals surface area contributed by atoms with Crippen LogP contribution in [-0.4, -0.2) is 58.6 Å². The maximum Gasteiger partial charge on any atom is 0.250 e. The number of anilines is 2. The Morgan fingerprint density at radius 3 is 2.19 bits per heavy atom. The summed E-state index contributed by atoms with van der Waals surface area (Å²) in [5, 5.41) is 24.1. The van der Waals surface area contributed by atoms with Gasteiger partial charge in [0.05, 0.1) is 41.4 Å². The minimum atomic E-state index is -1.62. The zero-order valence-corrected chi connectivity index (χ0v) is 21.5. The molecule has 3 saturated heterocycles. The minimum absolute atomic E-state index is 0.0954. The van der Waals surface area contributed by atoms with Crippen molar-refractivity contribution in [2.75, 3.05) is 30.0 Å². The topological polar surface area (TPSA) is 110 Å². The Kier molecular flexibility index (Phi) is 5.46. The highest BCUT2D eigenvalue weighted by Gasteiger charge is 2.76. The first-order chi connectivity index (χ1) is 17.1. The van der Waals surface area contributed by atoms with Gasteiger partial charge in [0.15, 0.2) is 0 Å². The van der Waals surface area contributed by atoms with Gasteiger partial charge in [0, 0.05) is 38.6 Å². The van der Waals surface area contributed by atoms with E-state index in [1.807, 2.05) is 0 Å². The van der Waals surface area contributed by atoms with Gasteiger partial charge in [-0.1, -0.05) is 46.4 Å². The normalized spacial score (nSPS) is 30.2. The standard InChI is InChI=1S/C24H19Cl4N3O5/c25-10-1-11(26)3-13(2-10)31-20(34)17-16-6-23(8-32,9-33)7-30(16)24(18(17)21(31)35)14-4-12(27)5-15(28)19(14)29-22(24)36/h1-5,16-18,32-33H,6-9H2,(H,29,36). The fourth-order valence-corrected chi connectivity index (χ4v) is 7.68. The van der Waals surface area contributed by atoms with Crippen molar-refractivity contribution in [2.24, 2.45) is 17.3 Å². The molecule has 0 radical (unpaired) electrons. The van der Waals surface area contributed by atoms with E-state index in [-0.39, 0.29) is 52.0 Å². The van der Waals surface area contributed by atoms with Crippen LogP contribution < -0.4 is 10.2 Å². The lowest BCUT2D eigenvalue weighted by atomic mass is 9.73. The van der Waals surface area contributed by atoms with Crippen molar-refractivity contribution in [1.82, 2.24) is 4.90 Å². The number of hydrogen-bond acceptors (Lipinski definition) is 6. The second kappa shape index (κ2) is 8.04. The summed E-state index contributed by atoms with van der Waals surface area (Å²) in [6.45, 7) is -0.618. The smallest absolute Gasteiger partial charge is 0.250 e. The van der Waals surface area contributed by atoms with E-state index in [1.165, 1.54) is 24.3 Å². The van der Waals surface area contributed by atoms with E-state index in [0.717, 1.165) is 4.90 Å². The van der Waals surface area contributed by atoms with E-state index in [1.54, 1.807) is 11.0 Å². The van der Waals surface area contributed by atoms with Crippen molar-refractivity contribution in [3.63, 3.8) is 0 Å². The molecule has 4 aliphatic heterocycles. The Morgan fingerprint density at radius 2 is 1.56 bits per heavy atom. The maximum atomic E-state index is 14.1. The fourth-order valence-electron chi connectivity index (χ4n) is 6.63. The summed E-state index contributed by atoms with van der Waals surface area (Å²) in [4.78, 5) is 44.7. The average Bonchev–Trinajstić information content (AvgIpc) is 3.48. The maximum absolute atomic E-state index is 14.1. The molecular weight excluding hydrogens is 552 g/mol. The lowest BCUT2D eigenvalue weighted by Crippen LogP contribution is -2.55. The van der Waals surface area contributed by atoms with Crippen LogP contribution in [0.2, 0.25) is 20.1 Å². The summed E-state index contributed by atoms with van der Waals surface area (Å²) < 4.78 is 0. The molecule has 4 aliphatic rings. The quantitative estimate of drug-likeness (QED) is 0.488. The Labute approximate surface area is 225 Å². The number of halogens is 4. The van der Waals surface area contributed by atoms with Crippen molar-refractivity contribution >= 4 is 75.5 Å². The fraction of sp³-hybridized carbons (Fsp3) is 0.375. The molecule has 4 heterocycles. The second-order valence-electron chi connectivity index (χ2n) is 9.89. The van der Waals surface area contributed by atoms with Gasteiger partial charge in [-0.25, -0.2) is 4.90 Å². The zero-order chi connectivity index (χ0) is 25.7. The van der Waals surface area contributed by atoms with Gasteiger partial charge in [-0.3, -0.25) is 19.3 Å². The van der Waals surface area contributed by atoms with Crippen LogP contribution in [0.3, 0.4) is 0 Å². The molecule has 3 N–H and O–H groups in total. The zero-order valence-electron chi connectivity index (χ0n) is 18.5. The number of amides is 3. The molecule has 0 bridgehead atoms. The van der Waals surface area contributed by atoms with Crippen molar-refractivity contribution in [3.8, 4) is 0 Å². The van der Waals surface area contributed by atoms with Gasteiger partial charge < -0.3 is 15.5 Å². The molecule has 8 nitrogen and oxygen atoms in total. The van der Waals surface area contributed by atoms with Crippen molar-refractivity contribution < 1.29 is 24.6 Å². The monoisotopic (exact) mass is 569 g/mol. The van der Waals surface area contributed by atoms with Gasteiger partial charge in [0.1, 0.15) is 5.54 Å². The number of imide groups is 1. The van der Waals surface area contributed by atoms with E-state index >= 15 is 0 Å². The van der Waals surface area contributed by atoms with Crippen molar-refractivity contribution in [2.45, 2.75) is 18.0 Å². The second-order valence-corrected chi connectivity index (χ2v) is 11.6. The number of carbonyl (C=O) groups excluding carboxylic acids is 3. The van der Waals surface area contributed by atoms with E-state index in [9.17, 15) is 24.6 Å². The number of carbonyl (C=O) groups is 3. The number of rotatable bonds is 3. The highest BCUT2D eigenvalue weighted by Crippen LogP contribution is 2.63. The summed E-state index contributed by atoms with van der Waals surface area (Å²) in [5.74, 6) is -3.62. The first-order valence-corrected chi connectivity index (χ1v) is 12.7. The van der Waals surface area contributed by atoms with Crippen LogP contribution in [0, 0.1) is 17.3 Å². The number of nitrogens with one attached hydrogen (secondary N) is 1. The Hall–Kier alpha value is -1.91. The SMILES string of the molecule is O=C1C2C3CC(CO)(CO)CN3C3(C(=O)Nc4c(Cl)cc(Cl)cc43)C2C(=O)N1c1cc(Cl)cc(Cl)c1. The third kappa shape index (κ3) is 2.98. The molecule has 2 aromatic carbocycles. The molecule has 0 saturated carbocycles. The summed E-state index contributed by atoms with van der Waals surface area (Å²) in [7, 11) is 0. The van der Waals surface area contributed by atoms with E-state index < -0.39 is 46.6 Å². The largest absolute Gasteiger partial charge is 0.396 e. The number of fused-ring (bicyclic) bond motifs is 7. The number of nitrogens with zero attached hydrogens (tertiary/aromatic N) is 2. The summed E-state index contributed by atoms with van der Waals surface area (Å²) >= 11 is 25.1. The highest BCUT2D eigenvalue weighted by atomic mass is 35.5. The summed E-state index contributed by atoms with van der Waals surface area (Å²) in [5.41, 5.74) is -1.67. The van der Waals surface area contributed by atoms with Gasteiger partial charge in [-0.15, -0.1) is 0 Å². The van der Waals surface area contributed by atoms with Gasteiger partial charge in [-0.05, 0) is 36.8 Å². The number of hydrogen-bond donors (Lipinski definition) is 3. The molecular formula is C24H19Cl4N3O5. The van der Waals surface area contributed by atoms with E-state index in [2.05, 4.69) is 5.32 Å². The Balaban J connectivity index is 1.59. The molecule has 1 spiro atoms. The van der Waals surface area contributed by atoms with Crippen LogP contribution in [0.5, 0.6) is 0 Å². The van der Waals surface area contributed by atoms with Gasteiger partial charge in [-0.2, -0.15) is 0 Å². The van der Waals surface area contributed by atoms with E-state index in [0.29, 0.717) is 11.3 Å². The molecule has 4 atom stereocenters. The molecule has 4 unspecified atom stereocenters. The molecule has 0 aliphatic carbocycles. The Morgan fingerprint density at radius 1 is 0.917 bits per heavy atom. The predicted octanol–water partition coefficient (Wildman–Crippen LogP) is 3.31.